The van der Waals surface area contributed by atoms with Crippen LogP contribution in [0.1, 0.15) is 25.8 Å². The first-order valence-electron chi connectivity index (χ1n) is 7.17. The monoisotopic (exact) mass is 262 g/mol. The molecule has 0 spiro atoms. The lowest BCUT2D eigenvalue weighted by molar-refractivity contribution is -0.131. The summed E-state index contributed by atoms with van der Waals surface area (Å²) in [5.41, 5.74) is 1.34. The van der Waals surface area contributed by atoms with Gasteiger partial charge < -0.3 is 4.90 Å². The number of hydrogen-bond donors (Lipinski definition) is 0. The fourth-order valence-corrected chi connectivity index (χ4v) is 2.05. The van der Waals surface area contributed by atoms with Crippen LogP contribution in [0.4, 0.5) is 0 Å². The molecular weight excluding hydrogens is 236 g/mol. The van der Waals surface area contributed by atoms with Crippen LogP contribution in [0.25, 0.3) is 0 Å². The SMILES string of the molecule is CCN(CC)CC(=O)N(C)CCCc1ccccc1. The molecule has 0 saturated carbocycles. The van der Waals surface area contributed by atoms with Crippen molar-refractivity contribution in [2.24, 2.45) is 0 Å². The second kappa shape index (κ2) is 8.70. The van der Waals surface area contributed by atoms with Crippen LogP contribution < -0.4 is 0 Å². The molecule has 0 heterocycles. The molecule has 0 radical (unpaired) electrons. The fourth-order valence-electron chi connectivity index (χ4n) is 2.05. The third-order valence-corrected chi connectivity index (χ3v) is 3.48. The van der Waals surface area contributed by atoms with Crippen LogP contribution in [0, 0.1) is 0 Å². The Labute approximate surface area is 117 Å². The van der Waals surface area contributed by atoms with Crippen LogP contribution >= 0.6 is 0 Å². The third-order valence-electron chi connectivity index (χ3n) is 3.48. The van der Waals surface area contributed by atoms with E-state index in [1.54, 1.807) is 0 Å². The lowest BCUT2D eigenvalue weighted by Crippen LogP contribution is -2.38. The van der Waals surface area contributed by atoms with Crippen molar-refractivity contribution in [2.45, 2.75) is 26.7 Å². The smallest absolute Gasteiger partial charge is 0.236 e. The van der Waals surface area contributed by atoms with Gasteiger partial charge in [-0.1, -0.05) is 44.2 Å². The Morgan fingerprint density at radius 3 is 2.32 bits per heavy atom. The third kappa shape index (κ3) is 5.88. The molecule has 0 saturated heterocycles. The van der Waals surface area contributed by atoms with Gasteiger partial charge in [0.2, 0.25) is 5.91 Å². The van der Waals surface area contributed by atoms with Crippen molar-refractivity contribution < 1.29 is 4.79 Å². The van der Waals surface area contributed by atoms with E-state index in [1.165, 1.54) is 5.56 Å². The summed E-state index contributed by atoms with van der Waals surface area (Å²) in [4.78, 5) is 16.0. The highest BCUT2D eigenvalue weighted by Crippen LogP contribution is 2.03. The molecule has 0 aromatic heterocycles. The lowest BCUT2D eigenvalue weighted by atomic mass is 10.1. The molecule has 0 aliphatic rings. The minimum atomic E-state index is 0.219. The summed E-state index contributed by atoms with van der Waals surface area (Å²) in [6, 6.07) is 10.4. The number of hydrogen-bond acceptors (Lipinski definition) is 2. The van der Waals surface area contributed by atoms with Crippen molar-refractivity contribution >= 4 is 5.91 Å². The van der Waals surface area contributed by atoms with Crippen LogP contribution in [0.15, 0.2) is 30.3 Å². The number of carbonyl (C=O) groups is 1. The zero-order valence-electron chi connectivity index (χ0n) is 12.4. The standard InChI is InChI=1S/C16H26N2O/c1-4-18(5-2)14-16(19)17(3)13-9-12-15-10-7-6-8-11-15/h6-8,10-11H,4-5,9,12-14H2,1-3H3. The van der Waals surface area contributed by atoms with E-state index in [2.05, 4.69) is 43.0 Å². The molecule has 0 N–H and O–H groups in total. The van der Waals surface area contributed by atoms with Gasteiger partial charge in [-0.3, -0.25) is 9.69 Å². The quantitative estimate of drug-likeness (QED) is 0.718. The summed E-state index contributed by atoms with van der Waals surface area (Å²) in [6.45, 7) is 7.41. The zero-order valence-corrected chi connectivity index (χ0v) is 12.4. The van der Waals surface area contributed by atoms with Crippen molar-refractivity contribution in [3.63, 3.8) is 0 Å². The largest absolute Gasteiger partial charge is 0.345 e. The molecule has 1 aromatic rings. The Morgan fingerprint density at radius 1 is 1.11 bits per heavy atom. The van der Waals surface area contributed by atoms with Crippen molar-refractivity contribution in [3.05, 3.63) is 35.9 Å². The number of aryl methyl sites for hydroxylation is 1. The average Bonchev–Trinajstić information content (AvgIpc) is 2.45. The van der Waals surface area contributed by atoms with Crippen LogP contribution in [-0.2, 0) is 11.2 Å². The van der Waals surface area contributed by atoms with Gasteiger partial charge in [0.05, 0.1) is 6.54 Å². The summed E-state index contributed by atoms with van der Waals surface area (Å²) in [5.74, 6) is 0.219. The van der Waals surface area contributed by atoms with E-state index in [-0.39, 0.29) is 5.91 Å². The van der Waals surface area contributed by atoms with Crippen LogP contribution in [0.2, 0.25) is 0 Å². The number of amides is 1. The highest BCUT2D eigenvalue weighted by Gasteiger charge is 2.11. The first-order chi connectivity index (χ1) is 9.17. The highest BCUT2D eigenvalue weighted by atomic mass is 16.2. The molecule has 0 atom stereocenters. The van der Waals surface area contributed by atoms with Crippen LogP contribution in [0.3, 0.4) is 0 Å². The van der Waals surface area contributed by atoms with Gasteiger partial charge in [-0.15, -0.1) is 0 Å². The van der Waals surface area contributed by atoms with Gasteiger partial charge in [0.1, 0.15) is 0 Å². The summed E-state index contributed by atoms with van der Waals surface area (Å²) < 4.78 is 0. The number of rotatable bonds is 8. The van der Waals surface area contributed by atoms with Gasteiger partial charge in [-0.2, -0.15) is 0 Å². The van der Waals surface area contributed by atoms with Crippen LogP contribution in [0.5, 0.6) is 0 Å². The van der Waals surface area contributed by atoms with E-state index >= 15 is 0 Å². The maximum absolute atomic E-state index is 12.0. The lowest BCUT2D eigenvalue weighted by Gasteiger charge is -2.22. The minimum absolute atomic E-state index is 0.219. The number of likely N-dealkylation sites (N-methyl/N-ethyl adjacent to an activating group) is 2. The Kier molecular flexibility index (Phi) is 7.19. The average molecular weight is 262 g/mol. The van der Waals surface area contributed by atoms with E-state index in [4.69, 9.17) is 0 Å². The van der Waals surface area contributed by atoms with E-state index in [0.29, 0.717) is 6.54 Å². The van der Waals surface area contributed by atoms with Gasteiger partial charge in [-0.05, 0) is 31.5 Å². The van der Waals surface area contributed by atoms with E-state index in [0.717, 1.165) is 32.5 Å². The van der Waals surface area contributed by atoms with Gasteiger partial charge in [0.15, 0.2) is 0 Å². The molecule has 3 heteroatoms. The predicted octanol–water partition coefficient (Wildman–Crippen LogP) is 2.42. The predicted molar refractivity (Wildman–Crippen MR) is 80.2 cm³/mol. The highest BCUT2D eigenvalue weighted by molar-refractivity contribution is 5.77. The molecule has 3 nitrogen and oxygen atoms in total. The number of carbonyl (C=O) groups excluding carboxylic acids is 1. The zero-order chi connectivity index (χ0) is 14.1. The molecule has 0 aliphatic heterocycles. The summed E-state index contributed by atoms with van der Waals surface area (Å²) in [5, 5.41) is 0. The molecule has 1 amide bonds. The second-order valence-electron chi connectivity index (χ2n) is 4.87. The molecule has 0 unspecified atom stereocenters. The van der Waals surface area contributed by atoms with Crippen molar-refractivity contribution in [1.82, 2.24) is 9.80 Å². The fraction of sp³-hybridized carbons (Fsp3) is 0.562. The summed E-state index contributed by atoms with van der Waals surface area (Å²) >= 11 is 0. The summed E-state index contributed by atoms with van der Waals surface area (Å²) in [6.07, 6.45) is 2.05. The van der Waals surface area contributed by atoms with Gasteiger partial charge in [-0.25, -0.2) is 0 Å². The normalized spacial score (nSPS) is 10.7. The Hall–Kier alpha value is -1.35. The maximum Gasteiger partial charge on any atom is 0.236 e. The Bertz CT molecular complexity index is 360. The van der Waals surface area contributed by atoms with Crippen molar-refractivity contribution in [3.8, 4) is 0 Å². The van der Waals surface area contributed by atoms with Gasteiger partial charge in [0, 0.05) is 13.6 Å². The molecule has 1 rings (SSSR count). The number of benzene rings is 1. The van der Waals surface area contributed by atoms with E-state index < -0.39 is 0 Å². The second-order valence-corrected chi connectivity index (χ2v) is 4.87. The molecule has 0 fully saturated rings. The molecular formula is C16H26N2O. The van der Waals surface area contributed by atoms with Gasteiger partial charge >= 0.3 is 0 Å². The molecule has 1 aromatic carbocycles. The molecule has 19 heavy (non-hydrogen) atoms. The van der Waals surface area contributed by atoms with Gasteiger partial charge in [0.25, 0.3) is 0 Å². The maximum atomic E-state index is 12.0. The first kappa shape index (κ1) is 15.7. The topological polar surface area (TPSA) is 23.6 Å². The molecule has 0 bridgehead atoms. The number of nitrogens with zero attached hydrogens (tertiary/aromatic N) is 2. The van der Waals surface area contributed by atoms with E-state index in [1.807, 2.05) is 18.0 Å². The Morgan fingerprint density at radius 2 is 1.74 bits per heavy atom. The Balaban J connectivity index is 2.27. The molecule has 106 valence electrons. The first-order valence-corrected chi connectivity index (χ1v) is 7.17. The summed E-state index contributed by atoms with van der Waals surface area (Å²) in [7, 11) is 1.90. The van der Waals surface area contributed by atoms with Crippen molar-refractivity contribution in [2.75, 3.05) is 33.2 Å². The minimum Gasteiger partial charge on any atom is -0.345 e. The van der Waals surface area contributed by atoms with Crippen LogP contribution in [-0.4, -0.2) is 48.9 Å². The van der Waals surface area contributed by atoms with E-state index in [9.17, 15) is 4.79 Å². The van der Waals surface area contributed by atoms with Crippen molar-refractivity contribution in [1.29, 1.82) is 0 Å². The molecule has 0 aliphatic carbocycles.